The fourth-order valence-electron chi connectivity index (χ4n) is 5.43. The van der Waals surface area contributed by atoms with Crippen LogP contribution in [0.25, 0.3) is 0 Å². The van der Waals surface area contributed by atoms with Gasteiger partial charge in [0.05, 0.1) is 31.1 Å². The lowest BCUT2D eigenvalue weighted by Crippen LogP contribution is -2.61. The molecule has 18 heteroatoms. The van der Waals surface area contributed by atoms with Gasteiger partial charge in [-0.25, -0.2) is 0 Å². The molecule has 18 nitrogen and oxygen atoms in total. The first-order chi connectivity index (χ1) is 22.3. The molecule has 0 spiro atoms. The van der Waals surface area contributed by atoms with Gasteiger partial charge in [0.2, 0.25) is 12.2 Å². The van der Waals surface area contributed by atoms with Crippen LogP contribution < -0.4 is 25.7 Å². The highest BCUT2D eigenvalue weighted by atomic mass is 16.7. The minimum absolute atomic E-state index is 0.0557. The van der Waals surface area contributed by atoms with E-state index in [-0.39, 0.29) is 52.4 Å². The van der Waals surface area contributed by atoms with Gasteiger partial charge in [0, 0.05) is 18.6 Å². The quantitative estimate of drug-likeness (QED) is 0.0800. The summed E-state index contributed by atoms with van der Waals surface area (Å²) in [7, 11) is 1.40. The highest BCUT2D eigenvalue weighted by molar-refractivity contribution is 6.06. The number of rotatable bonds is 8. The first kappa shape index (κ1) is 34.4. The zero-order valence-corrected chi connectivity index (χ0v) is 25.2. The van der Waals surface area contributed by atoms with E-state index in [0.29, 0.717) is 5.56 Å². The van der Waals surface area contributed by atoms with Gasteiger partial charge < -0.3 is 80.7 Å². The van der Waals surface area contributed by atoms with Crippen molar-refractivity contribution in [2.24, 2.45) is 21.7 Å². The molecule has 0 aliphatic carbocycles. The second-order valence-corrected chi connectivity index (χ2v) is 11.3. The molecule has 2 saturated heterocycles. The van der Waals surface area contributed by atoms with Gasteiger partial charge in [-0.3, -0.25) is 0 Å². The normalized spacial score (nSPS) is 34.6. The maximum Gasteiger partial charge on any atom is 0.229 e. The highest BCUT2D eigenvalue weighted by Gasteiger charge is 2.47. The molecule has 2 aromatic carbocycles. The van der Waals surface area contributed by atoms with Gasteiger partial charge in [-0.15, -0.1) is 5.10 Å². The van der Waals surface area contributed by atoms with E-state index < -0.39 is 74.1 Å². The molecule has 11 atom stereocenters. The number of hydrogen-bond donors (Lipinski definition) is 10. The molecule has 3 aliphatic heterocycles. The summed E-state index contributed by atoms with van der Waals surface area (Å²) in [5.74, 6) is -0.646. The summed E-state index contributed by atoms with van der Waals surface area (Å²) in [6, 6.07) is 7.17. The topological polar surface area (TPSA) is 294 Å². The number of nitrogens with zero attached hydrogens (tertiary/aromatic N) is 2. The van der Waals surface area contributed by atoms with Crippen LogP contribution in [0.2, 0.25) is 0 Å². The van der Waals surface area contributed by atoms with Crippen molar-refractivity contribution >= 4 is 11.7 Å². The Morgan fingerprint density at radius 1 is 0.872 bits per heavy atom. The minimum atomic E-state index is -1.78. The Labute approximate surface area is 267 Å². The van der Waals surface area contributed by atoms with Crippen molar-refractivity contribution in [2.45, 2.75) is 80.9 Å². The number of aliphatic hydroxyl groups is 6. The Balaban J connectivity index is 1.37. The van der Waals surface area contributed by atoms with E-state index >= 15 is 0 Å². The van der Waals surface area contributed by atoms with Crippen LogP contribution in [-0.2, 0) is 14.2 Å². The van der Waals surface area contributed by atoms with Gasteiger partial charge in [0.25, 0.3) is 0 Å². The van der Waals surface area contributed by atoms with Crippen LogP contribution in [-0.4, -0.2) is 128 Å². The van der Waals surface area contributed by atoms with E-state index in [1.807, 2.05) is 0 Å². The molecule has 2 aromatic rings. The maximum atomic E-state index is 11.0. The molecule has 0 radical (unpaired) electrons. The number of methoxy groups -OCH3 is 1. The van der Waals surface area contributed by atoms with Gasteiger partial charge in [-0.05, 0) is 24.6 Å². The van der Waals surface area contributed by atoms with E-state index in [0.717, 1.165) is 0 Å². The summed E-state index contributed by atoms with van der Waals surface area (Å²) >= 11 is 0. The van der Waals surface area contributed by atoms with Crippen LogP contribution in [0.15, 0.2) is 40.5 Å². The summed E-state index contributed by atoms with van der Waals surface area (Å²) in [6.45, 7) is 0.962. The van der Waals surface area contributed by atoms with Crippen molar-refractivity contribution in [1.82, 2.24) is 0 Å². The van der Waals surface area contributed by atoms with E-state index in [1.165, 1.54) is 32.2 Å². The second-order valence-electron chi connectivity index (χ2n) is 11.3. The number of aliphatic hydroxyl groups excluding tert-OH is 6. The number of aromatic hydroxyl groups is 2. The number of fused-ring (bicyclic) bond motifs is 1. The Bertz CT molecular complexity index is 1490. The van der Waals surface area contributed by atoms with E-state index in [1.54, 1.807) is 12.1 Å². The molecule has 12 N–H and O–H groups in total. The number of guanidine groups is 1. The molecule has 2 fully saturated rings. The molecule has 0 saturated carbocycles. The van der Waals surface area contributed by atoms with Crippen LogP contribution >= 0.6 is 0 Å². The standard InChI is InChI=1S/C29H38N4O14/c1-10-21(36)23(38)25(40)27(44-10)43-9-19-22(37)24(39)26(41)28(47-19)45-12-6-15(35)20-13(32-33-29(30)31)8-17(46-18(20)7-12)11-3-4-16(42-2)14(34)5-11/h3-7,10,17,19,21-28,34-41H,8-9H2,1-2H3,(H4,30,31,33)/b32-13+/t10?,17?,19-,21-,22+,23+,24-,25-,26+,27+,28+/m1/s1. The van der Waals surface area contributed by atoms with Gasteiger partial charge in [-0.2, -0.15) is 5.10 Å². The average Bonchev–Trinajstić information content (AvgIpc) is 3.04. The van der Waals surface area contributed by atoms with Crippen LogP contribution in [0, 0.1) is 0 Å². The lowest BCUT2D eigenvalue weighted by atomic mass is 9.94. The van der Waals surface area contributed by atoms with Gasteiger partial charge >= 0.3 is 0 Å². The lowest BCUT2D eigenvalue weighted by Gasteiger charge is -2.42. The summed E-state index contributed by atoms with van der Waals surface area (Å²) in [5, 5.41) is 91.0. The largest absolute Gasteiger partial charge is 0.507 e. The zero-order valence-electron chi connectivity index (χ0n) is 25.2. The fourth-order valence-corrected chi connectivity index (χ4v) is 5.43. The molecule has 2 unspecified atom stereocenters. The van der Waals surface area contributed by atoms with E-state index in [2.05, 4.69) is 10.2 Å². The average molecular weight is 667 g/mol. The molecule has 3 heterocycles. The molecule has 258 valence electrons. The predicted octanol–water partition coefficient (Wildman–Crippen LogP) is -2.36. The Morgan fingerprint density at radius 2 is 1.57 bits per heavy atom. The Hall–Kier alpha value is -3.98. The van der Waals surface area contributed by atoms with Crippen molar-refractivity contribution in [3.8, 4) is 28.7 Å². The second kappa shape index (κ2) is 14.0. The smallest absolute Gasteiger partial charge is 0.229 e. The first-order valence-corrected chi connectivity index (χ1v) is 14.5. The first-order valence-electron chi connectivity index (χ1n) is 14.5. The number of nitrogens with two attached hydrogens (primary N) is 2. The summed E-state index contributed by atoms with van der Waals surface area (Å²) in [6.07, 6.45) is -15.7. The molecule has 5 rings (SSSR count). The number of phenols is 2. The number of phenolic OH excluding ortho intramolecular Hbond substituents is 2. The fraction of sp³-hybridized carbons (Fsp3) is 0.517. The molecule has 3 aliphatic rings. The zero-order chi connectivity index (χ0) is 34.2. The third-order valence-corrected chi connectivity index (χ3v) is 8.01. The molecular weight excluding hydrogens is 628 g/mol. The maximum absolute atomic E-state index is 11.0. The number of ether oxygens (including phenoxy) is 6. The lowest BCUT2D eigenvalue weighted by molar-refractivity contribution is -0.318. The summed E-state index contributed by atoms with van der Waals surface area (Å²) in [5.41, 5.74) is 11.8. The van der Waals surface area contributed by atoms with Crippen molar-refractivity contribution < 1.29 is 69.3 Å². The molecular formula is C29H38N4O14. The number of benzene rings is 2. The third-order valence-electron chi connectivity index (χ3n) is 8.01. The summed E-state index contributed by atoms with van der Waals surface area (Å²) in [4.78, 5) is 0. The van der Waals surface area contributed by atoms with Gasteiger partial charge in [0.15, 0.2) is 17.8 Å². The predicted molar refractivity (Wildman–Crippen MR) is 159 cm³/mol. The number of hydrogen-bond acceptors (Lipinski definition) is 16. The molecule has 0 aromatic heterocycles. The monoisotopic (exact) mass is 666 g/mol. The van der Waals surface area contributed by atoms with Crippen LogP contribution in [0.3, 0.4) is 0 Å². The van der Waals surface area contributed by atoms with Crippen molar-refractivity contribution in [3.05, 3.63) is 41.5 Å². The van der Waals surface area contributed by atoms with Crippen molar-refractivity contribution in [3.63, 3.8) is 0 Å². The SMILES string of the molecule is COc1ccc(C2C/C(=N\N=C(N)N)c3c(O)cc(O[C@H]4O[C@H](CO[C@H]5OC(C)[C@@H](O)[C@H](O)[C@H]5O)[C@H](O)[C@@H](O)[C@@H]4O)cc3O2)cc1O. The summed E-state index contributed by atoms with van der Waals surface area (Å²) < 4.78 is 33.6. The van der Waals surface area contributed by atoms with Crippen molar-refractivity contribution in [1.29, 1.82) is 0 Å². The van der Waals surface area contributed by atoms with Crippen LogP contribution in [0.4, 0.5) is 0 Å². The third kappa shape index (κ3) is 7.15. The highest BCUT2D eigenvalue weighted by Crippen LogP contribution is 2.44. The van der Waals surface area contributed by atoms with E-state index in [4.69, 9.17) is 39.9 Å². The Morgan fingerprint density at radius 3 is 2.26 bits per heavy atom. The minimum Gasteiger partial charge on any atom is -0.507 e. The van der Waals surface area contributed by atoms with Gasteiger partial charge in [0.1, 0.15) is 66.1 Å². The van der Waals surface area contributed by atoms with Crippen molar-refractivity contribution in [2.75, 3.05) is 13.7 Å². The van der Waals surface area contributed by atoms with Gasteiger partial charge in [-0.1, -0.05) is 6.07 Å². The molecule has 47 heavy (non-hydrogen) atoms. The van der Waals surface area contributed by atoms with Crippen LogP contribution in [0.1, 0.15) is 30.6 Å². The molecule has 0 amide bonds. The Kier molecular flexibility index (Phi) is 10.2. The van der Waals surface area contributed by atoms with Crippen LogP contribution in [0.5, 0.6) is 28.7 Å². The van der Waals surface area contributed by atoms with E-state index in [9.17, 15) is 40.9 Å². The molecule has 0 bridgehead atoms.